The Morgan fingerprint density at radius 3 is 2.55 bits per heavy atom. The number of carboxylic acids is 1. The van der Waals surface area contributed by atoms with Crippen molar-refractivity contribution < 1.29 is 27.7 Å². The molecule has 1 aliphatic rings. The Bertz CT molecular complexity index is 742. The van der Waals surface area contributed by atoms with Crippen molar-refractivity contribution in [1.29, 1.82) is 0 Å². The van der Waals surface area contributed by atoms with Crippen molar-refractivity contribution in [2.24, 2.45) is 5.10 Å². The van der Waals surface area contributed by atoms with Gasteiger partial charge < -0.3 is 5.11 Å². The number of amides is 1. The molecular formula is C10H7BrN2O6S. The summed E-state index contributed by atoms with van der Waals surface area (Å²) in [5.41, 5.74) is -0.319. The van der Waals surface area contributed by atoms with Gasteiger partial charge in [0.2, 0.25) is 0 Å². The summed E-state index contributed by atoms with van der Waals surface area (Å²) in [5, 5.41) is 13.2. The molecule has 1 amide bonds. The SMILES string of the molecule is O=C(O)C1=NN(c2cc(S(=O)(=O)O)ccc2Br)C(=O)C1. The van der Waals surface area contributed by atoms with E-state index < -0.39 is 33.3 Å². The highest BCUT2D eigenvalue weighted by atomic mass is 79.9. The van der Waals surface area contributed by atoms with Crippen LogP contribution in [-0.4, -0.2) is 35.7 Å². The normalized spacial score (nSPS) is 15.4. The molecule has 1 aromatic carbocycles. The molecule has 1 heterocycles. The molecule has 0 aliphatic carbocycles. The lowest BCUT2D eigenvalue weighted by atomic mass is 10.2. The molecule has 0 fully saturated rings. The van der Waals surface area contributed by atoms with Crippen molar-refractivity contribution in [3.8, 4) is 0 Å². The minimum Gasteiger partial charge on any atom is -0.477 e. The molecule has 8 nitrogen and oxygen atoms in total. The molecule has 0 radical (unpaired) electrons. The molecule has 106 valence electrons. The van der Waals surface area contributed by atoms with E-state index in [0.29, 0.717) is 4.47 Å². The number of nitrogens with zero attached hydrogens (tertiary/aromatic N) is 2. The van der Waals surface area contributed by atoms with Gasteiger partial charge in [-0.15, -0.1) is 0 Å². The predicted molar refractivity (Wildman–Crippen MR) is 71.1 cm³/mol. The van der Waals surface area contributed by atoms with E-state index in [4.69, 9.17) is 9.66 Å². The molecule has 2 N–H and O–H groups in total. The number of aliphatic carboxylic acids is 1. The van der Waals surface area contributed by atoms with Crippen LogP contribution in [0.15, 0.2) is 32.7 Å². The summed E-state index contributed by atoms with van der Waals surface area (Å²) in [6.45, 7) is 0. The second-order valence-corrected chi connectivity index (χ2v) is 6.10. The van der Waals surface area contributed by atoms with E-state index in [-0.39, 0.29) is 11.4 Å². The number of halogens is 1. The van der Waals surface area contributed by atoms with Crippen LogP contribution in [0.4, 0.5) is 5.69 Å². The topological polar surface area (TPSA) is 124 Å². The first-order chi connectivity index (χ1) is 9.20. The van der Waals surface area contributed by atoms with Crippen LogP contribution in [0.3, 0.4) is 0 Å². The molecule has 0 saturated heterocycles. The average molecular weight is 363 g/mol. The summed E-state index contributed by atoms with van der Waals surface area (Å²) >= 11 is 3.10. The second-order valence-electron chi connectivity index (χ2n) is 3.82. The van der Waals surface area contributed by atoms with Crippen LogP contribution in [-0.2, 0) is 19.7 Å². The zero-order valence-corrected chi connectivity index (χ0v) is 12.0. The van der Waals surface area contributed by atoms with Crippen molar-refractivity contribution >= 4 is 49.3 Å². The first-order valence-corrected chi connectivity index (χ1v) is 7.34. The number of carbonyl (C=O) groups is 2. The number of anilines is 1. The maximum atomic E-state index is 11.7. The number of hydrogen-bond donors (Lipinski definition) is 2. The zero-order valence-electron chi connectivity index (χ0n) is 9.65. The van der Waals surface area contributed by atoms with Crippen LogP contribution in [0.2, 0.25) is 0 Å². The number of carbonyl (C=O) groups excluding carboxylic acids is 1. The summed E-state index contributed by atoms with van der Waals surface area (Å²) in [6.07, 6.45) is -0.391. The molecule has 0 atom stereocenters. The van der Waals surface area contributed by atoms with Crippen molar-refractivity contribution in [1.82, 2.24) is 0 Å². The Hall–Kier alpha value is -1.78. The minimum atomic E-state index is -4.44. The van der Waals surface area contributed by atoms with Crippen molar-refractivity contribution in [2.45, 2.75) is 11.3 Å². The highest BCUT2D eigenvalue weighted by Crippen LogP contribution is 2.31. The van der Waals surface area contributed by atoms with Gasteiger partial charge >= 0.3 is 5.97 Å². The van der Waals surface area contributed by atoms with E-state index in [1.807, 2.05) is 0 Å². The fourth-order valence-corrected chi connectivity index (χ4v) is 2.47. The second kappa shape index (κ2) is 4.96. The summed E-state index contributed by atoms with van der Waals surface area (Å²) < 4.78 is 31.4. The average Bonchev–Trinajstić information content (AvgIpc) is 2.70. The highest BCUT2D eigenvalue weighted by Gasteiger charge is 2.30. The Balaban J connectivity index is 2.53. The van der Waals surface area contributed by atoms with E-state index in [1.165, 1.54) is 6.07 Å². The Kier molecular flexibility index (Phi) is 3.63. The zero-order chi connectivity index (χ0) is 15.1. The van der Waals surface area contributed by atoms with Gasteiger partial charge in [0, 0.05) is 4.47 Å². The Morgan fingerprint density at radius 2 is 2.05 bits per heavy atom. The van der Waals surface area contributed by atoms with E-state index in [9.17, 15) is 18.0 Å². The highest BCUT2D eigenvalue weighted by molar-refractivity contribution is 9.10. The number of benzene rings is 1. The van der Waals surface area contributed by atoms with Crippen LogP contribution in [0.5, 0.6) is 0 Å². The largest absolute Gasteiger partial charge is 0.477 e. The molecule has 0 saturated carbocycles. The molecule has 0 aromatic heterocycles. The Morgan fingerprint density at radius 1 is 1.40 bits per heavy atom. The Labute approximate surface area is 121 Å². The van der Waals surface area contributed by atoms with Crippen LogP contribution < -0.4 is 5.01 Å². The first kappa shape index (κ1) is 14.6. The molecule has 10 heteroatoms. The quantitative estimate of drug-likeness (QED) is 0.768. The smallest absolute Gasteiger partial charge is 0.352 e. The third-order valence-electron chi connectivity index (χ3n) is 2.47. The summed E-state index contributed by atoms with van der Waals surface area (Å²) in [5.74, 6) is -1.95. The van der Waals surface area contributed by atoms with Gasteiger partial charge in [0.1, 0.15) is 0 Å². The fourth-order valence-electron chi connectivity index (χ4n) is 1.55. The van der Waals surface area contributed by atoms with Gasteiger partial charge in [0.05, 0.1) is 17.0 Å². The molecular weight excluding hydrogens is 356 g/mol. The van der Waals surface area contributed by atoms with Crippen molar-refractivity contribution in [3.63, 3.8) is 0 Å². The lowest BCUT2D eigenvalue weighted by molar-refractivity contribution is -0.129. The maximum absolute atomic E-state index is 11.7. The van der Waals surface area contributed by atoms with Crippen molar-refractivity contribution in [3.05, 3.63) is 22.7 Å². The molecule has 1 aliphatic heterocycles. The molecule has 0 unspecified atom stereocenters. The number of carboxylic acid groups (broad SMARTS) is 1. The summed E-state index contributed by atoms with van der Waals surface area (Å²) in [6, 6.07) is 3.46. The van der Waals surface area contributed by atoms with Gasteiger partial charge in [-0.3, -0.25) is 9.35 Å². The summed E-state index contributed by atoms with van der Waals surface area (Å²) in [4.78, 5) is 22.1. The van der Waals surface area contributed by atoms with E-state index in [0.717, 1.165) is 17.1 Å². The van der Waals surface area contributed by atoms with Gasteiger partial charge in [-0.25, -0.2) is 4.79 Å². The van der Waals surface area contributed by atoms with Gasteiger partial charge in [-0.2, -0.15) is 18.5 Å². The van der Waals surface area contributed by atoms with Gasteiger partial charge in [-0.1, -0.05) is 0 Å². The number of rotatable bonds is 3. The fraction of sp³-hybridized carbons (Fsp3) is 0.100. The van der Waals surface area contributed by atoms with Gasteiger partial charge in [-0.05, 0) is 34.1 Å². The third kappa shape index (κ3) is 2.71. The van der Waals surface area contributed by atoms with Gasteiger partial charge in [0.15, 0.2) is 5.71 Å². The standard InChI is InChI=1S/C10H7BrN2O6S/c11-6-2-1-5(20(17,18)19)3-8(6)13-9(14)4-7(12-13)10(15)16/h1-3H,4H2,(H,15,16)(H,17,18,19). The summed E-state index contributed by atoms with van der Waals surface area (Å²) in [7, 11) is -4.44. The predicted octanol–water partition coefficient (Wildman–Crippen LogP) is 0.873. The minimum absolute atomic E-state index is 0.0291. The molecule has 20 heavy (non-hydrogen) atoms. The van der Waals surface area contributed by atoms with E-state index in [1.54, 1.807) is 0 Å². The van der Waals surface area contributed by atoms with E-state index in [2.05, 4.69) is 21.0 Å². The monoisotopic (exact) mass is 362 g/mol. The molecule has 0 bridgehead atoms. The molecule has 2 rings (SSSR count). The van der Waals surface area contributed by atoms with Crippen molar-refractivity contribution in [2.75, 3.05) is 5.01 Å². The third-order valence-corrected chi connectivity index (χ3v) is 3.99. The number of hydrazone groups is 1. The lowest BCUT2D eigenvalue weighted by Gasteiger charge is -2.14. The lowest BCUT2D eigenvalue weighted by Crippen LogP contribution is -2.20. The molecule has 1 aromatic rings. The van der Waals surface area contributed by atoms with E-state index >= 15 is 0 Å². The van der Waals surface area contributed by atoms with Crippen LogP contribution >= 0.6 is 15.9 Å². The molecule has 0 spiro atoms. The number of hydrogen-bond acceptors (Lipinski definition) is 5. The van der Waals surface area contributed by atoms with Gasteiger partial charge in [0.25, 0.3) is 16.0 Å². The van der Waals surface area contributed by atoms with Crippen LogP contribution in [0, 0.1) is 0 Å². The van der Waals surface area contributed by atoms with Crippen LogP contribution in [0.25, 0.3) is 0 Å². The first-order valence-electron chi connectivity index (χ1n) is 5.11. The maximum Gasteiger partial charge on any atom is 0.352 e. The van der Waals surface area contributed by atoms with Crippen LogP contribution in [0.1, 0.15) is 6.42 Å².